The smallest absolute Gasteiger partial charge is 0.261 e. The third-order valence-corrected chi connectivity index (χ3v) is 3.17. The summed E-state index contributed by atoms with van der Waals surface area (Å²) in [7, 11) is 0. The van der Waals surface area contributed by atoms with Gasteiger partial charge in [0.15, 0.2) is 0 Å². The molecule has 2 aromatic carbocycles. The van der Waals surface area contributed by atoms with E-state index in [0.717, 1.165) is 29.8 Å². The highest BCUT2D eigenvalue weighted by atomic mass is 19.1. The lowest BCUT2D eigenvalue weighted by Gasteiger charge is -2.05. The van der Waals surface area contributed by atoms with E-state index in [0.29, 0.717) is 13.0 Å². The van der Waals surface area contributed by atoms with E-state index >= 15 is 0 Å². The molecule has 116 valence electrons. The number of nitrogens with one attached hydrogen (secondary N) is 1. The summed E-state index contributed by atoms with van der Waals surface area (Å²) in [5, 5.41) is 11.6. The van der Waals surface area contributed by atoms with Gasteiger partial charge in [-0.25, -0.2) is 8.78 Å². The van der Waals surface area contributed by atoms with Crippen LogP contribution in [-0.4, -0.2) is 12.5 Å². The highest BCUT2D eigenvalue weighted by molar-refractivity contribution is 6.01. The van der Waals surface area contributed by atoms with Crippen molar-refractivity contribution in [2.24, 2.45) is 0 Å². The molecule has 3 nitrogen and oxygen atoms in total. The second kappa shape index (κ2) is 7.85. The normalized spacial score (nSPS) is 10.9. The van der Waals surface area contributed by atoms with Gasteiger partial charge in [-0.05, 0) is 36.3 Å². The maximum absolute atomic E-state index is 13.6. The minimum Gasteiger partial charge on any atom is -0.351 e. The maximum Gasteiger partial charge on any atom is 0.261 e. The highest BCUT2D eigenvalue weighted by Gasteiger charge is 2.10. The lowest BCUT2D eigenvalue weighted by atomic mass is 10.1. The average Bonchev–Trinajstić information content (AvgIpc) is 2.56. The molecule has 2 rings (SSSR count). The molecule has 1 amide bonds. The fraction of sp³-hybridized carbons (Fsp3) is 0.111. The average molecular weight is 312 g/mol. The zero-order valence-electron chi connectivity index (χ0n) is 12.2. The molecule has 5 heteroatoms. The Bertz CT molecular complexity index is 764. The summed E-state index contributed by atoms with van der Waals surface area (Å²) in [6.45, 7) is 0.341. The highest BCUT2D eigenvalue weighted by Crippen LogP contribution is 2.13. The van der Waals surface area contributed by atoms with Crippen LogP contribution in [0.2, 0.25) is 0 Å². The van der Waals surface area contributed by atoms with Crippen LogP contribution in [-0.2, 0) is 11.2 Å². The van der Waals surface area contributed by atoms with Gasteiger partial charge in [0.05, 0.1) is 0 Å². The number of carbonyl (C=O) groups is 1. The van der Waals surface area contributed by atoms with Gasteiger partial charge in [-0.2, -0.15) is 5.26 Å². The zero-order valence-corrected chi connectivity index (χ0v) is 12.2. The molecule has 0 spiro atoms. The topological polar surface area (TPSA) is 52.9 Å². The van der Waals surface area contributed by atoms with Gasteiger partial charge in [-0.3, -0.25) is 4.79 Å². The van der Waals surface area contributed by atoms with E-state index in [1.54, 1.807) is 6.07 Å². The van der Waals surface area contributed by atoms with Gasteiger partial charge in [-0.1, -0.05) is 30.3 Å². The van der Waals surface area contributed by atoms with Crippen molar-refractivity contribution in [1.29, 1.82) is 5.26 Å². The van der Waals surface area contributed by atoms with Gasteiger partial charge in [0.25, 0.3) is 5.91 Å². The van der Waals surface area contributed by atoms with Crippen LogP contribution in [0.25, 0.3) is 6.08 Å². The molecule has 2 aromatic rings. The van der Waals surface area contributed by atoms with E-state index in [1.165, 1.54) is 0 Å². The van der Waals surface area contributed by atoms with E-state index in [2.05, 4.69) is 5.32 Å². The standard InChI is InChI=1S/C18H14F2N2O/c19-16-6-7-17(20)14(11-16)10-15(12-21)18(23)22-9-8-13-4-2-1-3-5-13/h1-7,10-11H,8-9H2,(H,22,23)/b15-10+. The van der Waals surface area contributed by atoms with Crippen LogP contribution in [0, 0.1) is 23.0 Å². The molecule has 0 unspecified atom stereocenters. The van der Waals surface area contributed by atoms with Crippen LogP contribution in [0.1, 0.15) is 11.1 Å². The molecular formula is C18H14F2N2O. The summed E-state index contributed by atoms with van der Waals surface area (Å²) in [4.78, 5) is 11.9. The van der Waals surface area contributed by atoms with Crippen LogP contribution in [0.5, 0.6) is 0 Å². The van der Waals surface area contributed by atoms with Gasteiger partial charge in [0, 0.05) is 12.1 Å². The van der Waals surface area contributed by atoms with Crippen molar-refractivity contribution in [2.45, 2.75) is 6.42 Å². The minimum absolute atomic E-state index is 0.139. The Morgan fingerprint density at radius 1 is 1.17 bits per heavy atom. The number of nitrogens with zero attached hydrogens (tertiary/aromatic N) is 1. The molecule has 0 aromatic heterocycles. The van der Waals surface area contributed by atoms with Crippen molar-refractivity contribution in [3.8, 4) is 6.07 Å². The van der Waals surface area contributed by atoms with Crippen LogP contribution in [0.3, 0.4) is 0 Å². The first-order valence-corrected chi connectivity index (χ1v) is 6.99. The van der Waals surface area contributed by atoms with E-state index in [4.69, 9.17) is 5.26 Å². The zero-order chi connectivity index (χ0) is 16.7. The Morgan fingerprint density at radius 3 is 2.61 bits per heavy atom. The van der Waals surface area contributed by atoms with Crippen molar-refractivity contribution < 1.29 is 13.6 Å². The first kappa shape index (κ1) is 16.4. The molecule has 0 fully saturated rings. The SMILES string of the molecule is N#C/C(=C\c1cc(F)ccc1F)C(=O)NCCc1ccccc1. The summed E-state index contributed by atoms with van der Waals surface area (Å²) >= 11 is 0. The number of hydrogen-bond donors (Lipinski definition) is 1. The van der Waals surface area contributed by atoms with E-state index in [9.17, 15) is 13.6 Å². The summed E-state index contributed by atoms with van der Waals surface area (Å²) in [6, 6.07) is 14.1. The predicted molar refractivity (Wildman–Crippen MR) is 83.1 cm³/mol. The lowest BCUT2D eigenvalue weighted by Crippen LogP contribution is -2.26. The second-order valence-electron chi connectivity index (χ2n) is 4.83. The molecule has 0 bridgehead atoms. The number of amides is 1. The largest absolute Gasteiger partial charge is 0.351 e. The van der Waals surface area contributed by atoms with E-state index in [1.807, 2.05) is 30.3 Å². The van der Waals surface area contributed by atoms with E-state index in [-0.39, 0.29) is 11.1 Å². The van der Waals surface area contributed by atoms with Crippen LogP contribution in [0.15, 0.2) is 54.1 Å². The third-order valence-electron chi connectivity index (χ3n) is 3.17. The monoisotopic (exact) mass is 312 g/mol. The fourth-order valence-corrected chi connectivity index (χ4v) is 1.99. The van der Waals surface area contributed by atoms with Gasteiger partial charge in [-0.15, -0.1) is 0 Å². The Kier molecular flexibility index (Phi) is 5.59. The van der Waals surface area contributed by atoms with Gasteiger partial charge in [0.1, 0.15) is 23.3 Å². The Balaban J connectivity index is 2.02. The number of nitriles is 1. The molecule has 0 radical (unpaired) electrons. The number of benzene rings is 2. The molecule has 0 heterocycles. The summed E-state index contributed by atoms with van der Waals surface area (Å²) < 4.78 is 26.7. The van der Waals surface area contributed by atoms with Crippen molar-refractivity contribution >= 4 is 12.0 Å². The summed E-state index contributed by atoms with van der Waals surface area (Å²) in [5.41, 5.74) is 0.633. The van der Waals surface area contributed by atoms with Crippen molar-refractivity contribution in [3.63, 3.8) is 0 Å². The second-order valence-corrected chi connectivity index (χ2v) is 4.83. The molecule has 0 atom stereocenters. The molecular weight excluding hydrogens is 298 g/mol. The molecule has 0 aliphatic carbocycles. The minimum atomic E-state index is -0.698. The number of carbonyl (C=O) groups excluding carboxylic acids is 1. The lowest BCUT2D eigenvalue weighted by molar-refractivity contribution is -0.117. The maximum atomic E-state index is 13.6. The summed E-state index contributed by atoms with van der Waals surface area (Å²) in [5.74, 6) is -1.96. The molecule has 1 N–H and O–H groups in total. The fourth-order valence-electron chi connectivity index (χ4n) is 1.99. The van der Waals surface area contributed by atoms with Crippen molar-refractivity contribution in [3.05, 3.63) is 76.9 Å². The van der Waals surface area contributed by atoms with Crippen LogP contribution < -0.4 is 5.32 Å². The van der Waals surface area contributed by atoms with Crippen molar-refractivity contribution in [1.82, 2.24) is 5.32 Å². The van der Waals surface area contributed by atoms with Gasteiger partial charge >= 0.3 is 0 Å². The first-order valence-electron chi connectivity index (χ1n) is 6.99. The number of rotatable bonds is 5. The molecule has 0 aliphatic heterocycles. The number of halogens is 2. The third kappa shape index (κ3) is 4.75. The number of hydrogen-bond acceptors (Lipinski definition) is 2. The molecule has 23 heavy (non-hydrogen) atoms. The van der Waals surface area contributed by atoms with Gasteiger partial charge in [0.2, 0.25) is 0 Å². The van der Waals surface area contributed by atoms with Crippen LogP contribution >= 0.6 is 0 Å². The molecule has 0 aliphatic rings. The Hall–Kier alpha value is -3.00. The van der Waals surface area contributed by atoms with Crippen LogP contribution in [0.4, 0.5) is 8.78 Å². The Labute approximate surface area is 132 Å². The van der Waals surface area contributed by atoms with E-state index < -0.39 is 17.5 Å². The Morgan fingerprint density at radius 2 is 1.91 bits per heavy atom. The molecule has 0 saturated carbocycles. The van der Waals surface area contributed by atoms with Crippen molar-refractivity contribution in [2.75, 3.05) is 6.54 Å². The first-order chi connectivity index (χ1) is 11.1. The summed E-state index contributed by atoms with van der Waals surface area (Å²) in [6.07, 6.45) is 1.65. The molecule has 0 saturated heterocycles. The van der Waals surface area contributed by atoms with Gasteiger partial charge < -0.3 is 5.32 Å². The quantitative estimate of drug-likeness (QED) is 0.681. The predicted octanol–water partition coefficient (Wildman–Crippen LogP) is 3.23.